The molecule has 1 amide bonds. The van der Waals surface area contributed by atoms with Crippen LogP contribution in [0, 0.1) is 17.2 Å². The third-order valence-corrected chi connectivity index (χ3v) is 4.63. The number of halogens is 1. The van der Waals surface area contributed by atoms with Crippen molar-refractivity contribution in [2.24, 2.45) is 5.92 Å². The van der Waals surface area contributed by atoms with Crippen LogP contribution < -0.4 is 10.1 Å². The molecule has 0 aliphatic heterocycles. The fourth-order valence-electron chi connectivity index (χ4n) is 2.25. The molecule has 140 valence electrons. The summed E-state index contributed by atoms with van der Waals surface area (Å²) < 4.78 is 5.44. The van der Waals surface area contributed by atoms with Gasteiger partial charge < -0.3 is 10.1 Å². The van der Waals surface area contributed by atoms with Crippen LogP contribution in [0.5, 0.6) is 5.75 Å². The summed E-state index contributed by atoms with van der Waals surface area (Å²) in [6.07, 6.45) is 0. The van der Waals surface area contributed by atoms with Crippen LogP contribution in [0.3, 0.4) is 0 Å². The molecule has 0 aliphatic rings. The smallest absolute Gasteiger partial charge is 0.259 e. The van der Waals surface area contributed by atoms with Gasteiger partial charge in [0.05, 0.1) is 6.07 Å². The molecule has 1 N–H and O–H groups in total. The first-order chi connectivity index (χ1) is 12.7. The fraction of sp³-hybridized carbons (Fsp3) is 0.286. The maximum Gasteiger partial charge on any atom is 0.259 e. The van der Waals surface area contributed by atoms with E-state index < -0.39 is 5.54 Å². The number of carbonyl (C=O) groups is 2. The number of ether oxygens (including phenoxy) is 1. The first-order valence-corrected chi connectivity index (χ1v) is 8.88. The Hall–Kier alpha value is -2.84. The molecule has 0 spiro atoms. The van der Waals surface area contributed by atoms with Crippen LogP contribution in [0.1, 0.15) is 36.7 Å². The Balaban J connectivity index is 1.96. The molecule has 2 aromatic carbocycles. The Morgan fingerprint density at radius 1 is 1.11 bits per heavy atom. The topological polar surface area (TPSA) is 79.2 Å². The van der Waals surface area contributed by atoms with E-state index in [0.29, 0.717) is 21.9 Å². The maximum atomic E-state index is 12.4. The van der Waals surface area contributed by atoms with Crippen LogP contribution in [-0.4, -0.2) is 23.8 Å². The second-order valence-corrected chi connectivity index (χ2v) is 7.10. The lowest BCUT2D eigenvalue weighted by molar-refractivity contribution is -0.124. The summed E-state index contributed by atoms with van der Waals surface area (Å²) >= 11 is 5.83. The van der Waals surface area contributed by atoms with Gasteiger partial charge >= 0.3 is 0 Å². The molecule has 0 saturated carbocycles. The lowest BCUT2D eigenvalue weighted by Gasteiger charge is -2.27. The average molecular weight is 385 g/mol. The molecule has 5 nitrogen and oxygen atoms in total. The molecule has 0 aromatic heterocycles. The first kappa shape index (κ1) is 20.5. The number of ketones is 1. The Morgan fingerprint density at radius 2 is 1.63 bits per heavy atom. The molecule has 0 bridgehead atoms. The predicted octanol–water partition coefficient (Wildman–Crippen LogP) is 4.00. The molecule has 27 heavy (non-hydrogen) atoms. The molecule has 0 radical (unpaired) electrons. The minimum absolute atomic E-state index is 0.0374. The van der Waals surface area contributed by atoms with Gasteiger partial charge in [-0.05, 0) is 61.4 Å². The van der Waals surface area contributed by atoms with E-state index in [1.165, 1.54) is 0 Å². The van der Waals surface area contributed by atoms with Gasteiger partial charge in [-0.1, -0.05) is 25.4 Å². The zero-order chi connectivity index (χ0) is 20.0. The molecule has 0 saturated heterocycles. The van der Waals surface area contributed by atoms with Gasteiger partial charge in [0.15, 0.2) is 12.4 Å². The molecule has 1 atom stereocenters. The van der Waals surface area contributed by atoms with E-state index in [2.05, 4.69) is 11.4 Å². The highest BCUT2D eigenvalue weighted by Crippen LogP contribution is 2.18. The Morgan fingerprint density at radius 3 is 2.11 bits per heavy atom. The standard InChI is InChI=1S/C21H21ClN2O3/c1-14(2)21(3,13-23)24-19(25)12-27-18-10-6-16(7-11-18)20(26)15-4-8-17(22)9-5-15/h4-11,14H,12H2,1-3H3,(H,24,25). The van der Waals surface area contributed by atoms with Gasteiger partial charge in [0.25, 0.3) is 5.91 Å². The van der Waals surface area contributed by atoms with Crippen LogP contribution in [0.25, 0.3) is 0 Å². The largest absolute Gasteiger partial charge is 0.484 e. The number of nitrogens with one attached hydrogen (secondary N) is 1. The van der Waals surface area contributed by atoms with Crippen molar-refractivity contribution in [2.75, 3.05) is 6.61 Å². The van der Waals surface area contributed by atoms with Gasteiger partial charge in [-0.2, -0.15) is 5.26 Å². The number of amides is 1. The minimum atomic E-state index is -0.949. The maximum absolute atomic E-state index is 12.4. The zero-order valence-corrected chi connectivity index (χ0v) is 16.2. The average Bonchev–Trinajstić information content (AvgIpc) is 2.66. The molecular formula is C21H21ClN2O3. The van der Waals surface area contributed by atoms with Crippen LogP contribution in [0.4, 0.5) is 0 Å². The number of carbonyl (C=O) groups excluding carboxylic acids is 2. The number of nitrogens with zero attached hydrogens (tertiary/aromatic N) is 1. The molecule has 0 heterocycles. The van der Waals surface area contributed by atoms with E-state index in [9.17, 15) is 14.9 Å². The summed E-state index contributed by atoms with van der Waals surface area (Å²) in [5.41, 5.74) is 0.0953. The van der Waals surface area contributed by atoms with E-state index in [1.54, 1.807) is 55.5 Å². The number of hydrogen-bond donors (Lipinski definition) is 1. The second kappa shape index (κ2) is 8.70. The van der Waals surface area contributed by atoms with E-state index in [4.69, 9.17) is 16.3 Å². The fourth-order valence-corrected chi connectivity index (χ4v) is 2.37. The Bertz CT molecular complexity index is 854. The monoisotopic (exact) mass is 384 g/mol. The number of benzene rings is 2. The predicted molar refractivity (Wildman–Crippen MR) is 104 cm³/mol. The molecule has 6 heteroatoms. The summed E-state index contributed by atoms with van der Waals surface area (Å²) in [5.74, 6) is -0.0858. The van der Waals surface area contributed by atoms with Crippen molar-refractivity contribution < 1.29 is 14.3 Å². The van der Waals surface area contributed by atoms with Gasteiger partial charge in [-0.3, -0.25) is 9.59 Å². The Labute approximate surface area is 163 Å². The Kier molecular flexibility index (Phi) is 6.59. The summed E-state index contributed by atoms with van der Waals surface area (Å²) in [6, 6.07) is 15.3. The third-order valence-electron chi connectivity index (χ3n) is 4.38. The van der Waals surface area contributed by atoms with E-state index in [1.807, 2.05) is 13.8 Å². The molecule has 2 aromatic rings. The van der Waals surface area contributed by atoms with Crippen LogP contribution >= 0.6 is 11.6 Å². The van der Waals surface area contributed by atoms with E-state index in [-0.39, 0.29) is 24.2 Å². The lowest BCUT2D eigenvalue weighted by atomic mass is 9.90. The van der Waals surface area contributed by atoms with Crippen molar-refractivity contribution in [1.82, 2.24) is 5.32 Å². The SMILES string of the molecule is CC(C)C(C)(C#N)NC(=O)COc1ccc(C(=O)c2ccc(Cl)cc2)cc1. The normalized spacial score (nSPS) is 12.7. The van der Waals surface area contributed by atoms with E-state index >= 15 is 0 Å². The number of hydrogen-bond acceptors (Lipinski definition) is 4. The van der Waals surface area contributed by atoms with Gasteiger partial charge in [-0.25, -0.2) is 0 Å². The van der Waals surface area contributed by atoms with Crippen LogP contribution in [-0.2, 0) is 4.79 Å². The van der Waals surface area contributed by atoms with Crippen molar-refractivity contribution in [1.29, 1.82) is 5.26 Å². The summed E-state index contributed by atoms with van der Waals surface area (Å²) in [7, 11) is 0. The van der Waals surface area contributed by atoms with Crippen LogP contribution in [0.2, 0.25) is 5.02 Å². The van der Waals surface area contributed by atoms with Crippen molar-refractivity contribution in [2.45, 2.75) is 26.3 Å². The van der Waals surface area contributed by atoms with Crippen molar-refractivity contribution in [3.63, 3.8) is 0 Å². The minimum Gasteiger partial charge on any atom is -0.484 e. The quantitative estimate of drug-likeness (QED) is 0.731. The van der Waals surface area contributed by atoms with Crippen LogP contribution in [0.15, 0.2) is 48.5 Å². The summed E-state index contributed by atoms with van der Waals surface area (Å²) in [4.78, 5) is 24.4. The first-order valence-electron chi connectivity index (χ1n) is 8.50. The number of nitriles is 1. The third kappa shape index (κ3) is 5.32. The molecule has 1 unspecified atom stereocenters. The zero-order valence-electron chi connectivity index (χ0n) is 15.5. The number of rotatable bonds is 7. The summed E-state index contributed by atoms with van der Waals surface area (Å²) in [5, 5.41) is 12.5. The lowest BCUT2D eigenvalue weighted by Crippen LogP contribution is -2.50. The molecule has 2 rings (SSSR count). The van der Waals surface area contributed by atoms with E-state index in [0.717, 1.165) is 0 Å². The molecule has 0 fully saturated rings. The summed E-state index contributed by atoms with van der Waals surface area (Å²) in [6.45, 7) is 5.18. The van der Waals surface area contributed by atoms with Crippen molar-refractivity contribution in [3.8, 4) is 11.8 Å². The van der Waals surface area contributed by atoms with Crippen molar-refractivity contribution >= 4 is 23.3 Å². The molecular weight excluding hydrogens is 364 g/mol. The highest BCUT2D eigenvalue weighted by atomic mass is 35.5. The highest BCUT2D eigenvalue weighted by molar-refractivity contribution is 6.30. The van der Waals surface area contributed by atoms with Gasteiger partial charge in [0.2, 0.25) is 0 Å². The van der Waals surface area contributed by atoms with Gasteiger partial charge in [0, 0.05) is 16.1 Å². The highest BCUT2D eigenvalue weighted by Gasteiger charge is 2.30. The van der Waals surface area contributed by atoms with Gasteiger partial charge in [-0.15, -0.1) is 0 Å². The van der Waals surface area contributed by atoms with Gasteiger partial charge in [0.1, 0.15) is 11.3 Å². The van der Waals surface area contributed by atoms with Crippen molar-refractivity contribution in [3.05, 3.63) is 64.7 Å². The molecule has 0 aliphatic carbocycles. The second-order valence-electron chi connectivity index (χ2n) is 6.67.